The van der Waals surface area contributed by atoms with Gasteiger partial charge in [-0.15, -0.1) is 65.8 Å². The number of hydrogen-bond donors (Lipinski definition) is 4. The first-order valence-corrected chi connectivity index (χ1v) is 6.39. The van der Waals surface area contributed by atoms with Crippen LogP contribution >= 0.6 is 73.4 Å². The van der Waals surface area contributed by atoms with Crippen LogP contribution in [0.3, 0.4) is 0 Å². The second kappa shape index (κ2) is 6.18. The average Bonchev–Trinajstić information content (AvgIpc) is 2.65. The second-order valence-electron chi connectivity index (χ2n) is 1.77. The lowest BCUT2D eigenvalue weighted by Crippen LogP contribution is -1.62. The molecule has 0 unspecified atom stereocenters. The van der Waals surface area contributed by atoms with Gasteiger partial charge in [-0.3, -0.25) is 0 Å². The molecule has 2 aromatic rings. The van der Waals surface area contributed by atoms with Gasteiger partial charge in [0, 0.05) is 0 Å². The molecule has 0 bridgehead atoms. The molecule has 2 rings (SSSR count). The van der Waals surface area contributed by atoms with Crippen molar-refractivity contribution in [3.05, 3.63) is 0 Å². The van der Waals surface area contributed by atoms with Crippen LogP contribution in [-0.4, -0.2) is 19.8 Å². The molecule has 0 aliphatic rings. The molecular weight excluding hydrogens is 296 g/mol. The highest BCUT2D eigenvalue weighted by atomic mass is 32.2. The van der Waals surface area contributed by atoms with Gasteiger partial charge >= 0.3 is 0 Å². The molecule has 0 aliphatic carbocycles. The first-order chi connectivity index (χ1) is 6.59. The third-order valence-electron chi connectivity index (χ3n) is 0.858. The molecule has 0 spiro atoms. The molecule has 4 nitrogen and oxygen atoms in total. The number of aromatic nitrogens is 4. The van der Waals surface area contributed by atoms with Crippen LogP contribution in [0.5, 0.6) is 0 Å². The Morgan fingerprint density at radius 3 is 1.57 bits per heavy atom. The Balaban J connectivity index is 0.000000140. The summed E-state index contributed by atoms with van der Waals surface area (Å²) >= 11 is 18.3. The number of thiol groups is 4. The lowest BCUT2D eigenvalue weighted by atomic mass is 11.0. The van der Waals surface area contributed by atoms with E-state index in [1.165, 1.54) is 22.9 Å². The van der Waals surface area contributed by atoms with Gasteiger partial charge in [0.05, 0.1) is 0 Å². The predicted octanol–water partition coefficient (Wildman–Crippen LogP) is 2.23. The van der Waals surface area contributed by atoms with E-state index in [1.807, 2.05) is 0 Å². The largest absolute Gasteiger partial charge is 0.172 e. The Bertz CT molecular complexity index is 363. The molecule has 0 saturated carbocycles. The van der Waals surface area contributed by atoms with Gasteiger partial charge in [-0.05, 0) is 11.5 Å². The van der Waals surface area contributed by atoms with Crippen molar-refractivity contribution < 1.29 is 0 Å². The summed E-state index contributed by atoms with van der Waals surface area (Å²) in [6.45, 7) is 0. The fraction of sp³-hybridized carbons (Fsp3) is 0. The van der Waals surface area contributed by atoms with Crippen LogP contribution in [0.4, 0.5) is 0 Å². The van der Waals surface area contributed by atoms with E-state index in [-0.39, 0.29) is 0 Å². The van der Waals surface area contributed by atoms with Crippen molar-refractivity contribution in [3.63, 3.8) is 0 Å². The molecular formula is C4H4N4S6. The van der Waals surface area contributed by atoms with Crippen molar-refractivity contribution in [2.24, 2.45) is 0 Å². The zero-order valence-corrected chi connectivity index (χ0v) is 11.6. The van der Waals surface area contributed by atoms with E-state index in [4.69, 9.17) is 0 Å². The van der Waals surface area contributed by atoms with Gasteiger partial charge in [0.2, 0.25) is 0 Å². The van der Waals surface area contributed by atoms with E-state index in [0.717, 1.165) is 4.21 Å². The van der Waals surface area contributed by atoms with Crippen molar-refractivity contribution in [2.75, 3.05) is 0 Å². The lowest BCUT2D eigenvalue weighted by molar-refractivity contribution is 0.960. The molecule has 0 fully saturated rings. The fourth-order valence-corrected chi connectivity index (χ4v) is 2.24. The van der Waals surface area contributed by atoms with Gasteiger partial charge in [0.15, 0.2) is 8.68 Å². The van der Waals surface area contributed by atoms with E-state index in [2.05, 4.69) is 70.3 Å². The van der Waals surface area contributed by atoms with Crippen molar-refractivity contribution in [1.29, 1.82) is 0 Å². The third kappa shape index (κ3) is 4.36. The number of hydrogen-bond acceptors (Lipinski definition) is 10. The Morgan fingerprint density at radius 1 is 0.857 bits per heavy atom. The fourth-order valence-electron chi connectivity index (χ4n) is 0.389. The van der Waals surface area contributed by atoms with Crippen molar-refractivity contribution in [2.45, 2.75) is 17.9 Å². The molecule has 0 saturated heterocycles. The standard InChI is InChI=1S/2C2H2N2S3/c5-1-3-4-2(6)7-1;5-1-2(6)7-4-3-1/h(H,3,5)(H,4,6);5-6H. The van der Waals surface area contributed by atoms with E-state index in [0.29, 0.717) is 13.7 Å². The van der Waals surface area contributed by atoms with Gasteiger partial charge in [-0.1, -0.05) is 15.8 Å². The molecule has 10 heteroatoms. The van der Waals surface area contributed by atoms with Crippen LogP contribution in [0.2, 0.25) is 0 Å². The van der Waals surface area contributed by atoms with E-state index in [1.54, 1.807) is 0 Å². The van der Waals surface area contributed by atoms with E-state index < -0.39 is 0 Å². The minimum absolute atomic E-state index is 0.605. The minimum Gasteiger partial charge on any atom is -0.131 e. The maximum Gasteiger partial charge on any atom is 0.172 e. The molecule has 76 valence electrons. The van der Waals surface area contributed by atoms with Gasteiger partial charge in [0.25, 0.3) is 0 Å². The summed E-state index contributed by atoms with van der Waals surface area (Å²) in [5.74, 6) is 0. The van der Waals surface area contributed by atoms with Crippen LogP contribution in [-0.2, 0) is 0 Å². The maximum absolute atomic E-state index is 3.97. The maximum atomic E-state index is 3.97. The third-order valence-corrected chi connectivity index (χ3v) is 3.74. The van der Waals surface area contributed by atoms with Crippen LogP contribution in [0.1, 0.15) is 0 Å². The Hall–Kier alpha value is 0.520. The summed E-state index contributed by atoms with van der Waals surface area (Å²) < 4.78 is 5.64. The van der Waals surface area contributed by atoms with Crippen LogP contribution in [0.25, 0.3) is 0 Å². The minimum atomic E-state index is 0.605. The van der Waals surface area contributed by atoms with Crippen LogP contribution in [0.15, 0.2) is 17.9 Å². The van der Waals surface area contributed by atoms with Crippen molar-refractivity contribution >= 4 is 73.4 Å². The smallest absolute Gasteiger partial charge is 0.131 e. The normalized spacial score (nSPS) is 9.43. The molecule has 0 amide bonds. The highest BCUT2D eigenvalue weighted by Crippen LogP contribution is 2.17. The highest BCUT2D eigenvalue weighted by Gasteiger charge is 1.93. The second-order valence-corrected chi connectivity index (χ2v) is 6.13. The summed E-state index contributed by atoms with van der Waals surface area (Å²) in [5.41, 5.74) is 0. The zero-order chi connectivity index (χ0) is 10.6. The molecule has 0 aromatic carbocycles. The number of rotatable bonds is 0. The lowest BCUT2D eigenvalue weighted by Gasteiger charge is -1.72. The molecule has 0 atom stereocenters. The molecule has 0 N–H and O–H groups in total. The Morgan fingerprint density at radius 2 is 1.43 bits per heavy atom. The van der Waals surface area contributed by atoms with Crippen LogP contribution < -0.4 is 0 Å². The predicted molar refractivity (Wildman–Crippen MR) is 68.8 cm³/mol. The topological polar surface area (TPSA) is 51.6 Å². The number of nitrogens with zero attached hydrogens (tertiary/aromatic N) is 4. The molecule has 0 aliphatic heterocycles. The summed E-state index contributed by atoms with van der Waals surface area (Å²) in [5, 5.41) is 11.3. The monoisotopic (exact) mass is 300 g/mol. The molecule has 0 radical (unpaired) electrons. The van der Waals surface area contributed by atoms with E-state index >= 15 is 0 Å². The molecule has 14 heavy (non-hydrogen) atoms. The summed E-state index contributed by atoms with van der Waals surface area (Å²) in [7, 11) is 0. The average molecular weight is 301 g/mol. The Kier molecular flexibility index (Phi) is 5.56. The van der Waals surface area contributed by atoms with E-state index in [9.17, 15) is 0 Å². The summed E-state index contributed by atoms with van der Waals surface area (Å²) in [4.78, 5) is 0. The van der Waals surface area contributed by atoms with Crippen molar-refractivity contribution in [1.82, 2.24) is 19.8 Å². The van der Waals surface area contributed by atoms with Gasteiger partial charge in [0.1, 0.15) is 9.24 Å². The van der Waals surface area contributed by atoms with Gasteiger partial charge < -0.3 is 0 Å². The van der Waals surface area contributed by atoms with Gasteiger partial charge in [-0.25, -0.2) is 0 Å². The van der Waals surface area contributed by atoms with Crippen molar-refractivity contribution in [3.8, 4) is 0 Å². The van der Waals surface area contributed by atoms with Gasteiger partial charge in [-0.2, -0.15) is 0 Å². The summed E-state index contributed by atoms with van der Waals surface area (Å²) in [6, 6.07) is 0. The summed E-state index contributed by atoms with van der Waals surface area (Å²) in [6.07, 6.45) is 0. The Labute approximate surface area is 110 Å². The SMILES string of the molecule is Sc1nnc(S)s1.Sc1nnsc1S. The van der Waals surface area contributed by atoms with Crippen LogP contribution in [0, 0.1) is 0 Å². The molecule has 2 heterocycles. The molecule has 2 aromatic heterocycles. The quantitative estimate of drug-likeness (QED) is 0.564. The highest BCUT2D eigenvalue weighted by molar-refractivity contribution is 7.85. The first kappa shape index (κ1) is 12.6. The zero-order valence-electron chi connectivity index (χ0n) is 6.39. The first-order valence-electron chi connectivity index (χ1n) is 3.01.